The molecule has 5 heteroatoms. The first-order chi connectivity index (χ1) is 9.31. The minimum absolute atomic E-state index is 0.0483. The molecule has 0 amide bonds. The van der Waals surface area contributed by atoms with E-state index in [0.29, 0.717) is 13.2 Å². The molecule has 2 aromatic rings. The van der Waals surface area contributed by atoms with Gasteiger partial charge in [-0.15, -0.1) is 0 Å². The normalized spacial score (nSPS) is 17.5. The highest BCUT2D eigenvalue weighted by molar-refractivity contribution is 5.75. The number of aliphatic hydroxyl groups excluding tert-OH is 1. The molecule has 3 N–H and O–H groups in total. The van der Waals surface area contributed by atoms with E-state index in [1.54, 1.807) is 6.33 Å². The first kappa shape index (κ1) is 12.6. The van der Waals surface area contributed by atoms with Crippen molar-refractivity contribution in [2.24, 2.45) is 5.41 Å². The summed E-state index contributed by atoms with van der Waals surface area (Å²) in [5, 5.41) is 12.7. The molecule has 0 saturated carbocycles. The molecule has 1 fully saturated rings. The molecule has 0 unspecified atom stereocenters. The maximum Gasteiger partial charge on any atom is 0.0931 e. The zero-order chi connectivity index (χ0) is 13.1. The van der Waals surface area contributed by atoms with Gasteiger partial charge in [-0.25, -0.2) is 4.98 Å². The summed E-state index contributed by atoms with van der Waals surface area (Å²) < 4.78 is 5.17. The maximum atomic E-state index is 9.32. The first-order valence-corrected chi connectivity index (χ1v) is 6.63. The lowest BCUT2D eigenvalue weighted by Gasteiger charge is -2.40. The molecule has 1 saturated heterocycles. The van der Waals surface area contributed by atoms with Crippen molar-refractivity contribution in [2.45, 2.75) is 6.42 Å². The Hall–Kier alpha value is -1.43. The van der Waals surface area contributed by atoms with Gasteiger partial charge in [-0.05, 0) is 30.7 Å². The van der Waals surface area contributed by atoms with Gasteiger partial charge >= 0.3 is 0 Å². The van der Waals surface area contributed by atoms with Gasteiger partial charge in [0.05, 0.1) is 42.6 Å². The van der Waals surface area contributed by atoms with E-state index in [9.17, 15) is 5.11 Å². The molecule has 0 spiro atoms. The van der Waals surface area contributed by atoms with Crippen molar-refractivity contribution in [1.82, 2.24) is 15.3 Å². The summed E-state index contributed by atoms with van der Waals surface area (Å²) >= 11 is 0. The number of hydrogen-bond donors (Lipinski definition) is 3. The van der Waals surface area contributed by atoms with Gasteiger partial charge in [0.1, 0.15) is 0 Å². The average molecular weight is 261 g/mol. The number of nitrogens with one attached hydrogen (secondary N) is 2. The molecule has 1 aromatic heterocycles. The minimum atomic E-state index is -0.0483. The van der Waals surface area contributed by atoms with Crippen molar-refractivity contribution in [2.75, 3.05) is 32.9 Å². The number of benzene rings is 1. The predicted octanol–water partition coefficient (Wildman–Crippen LogP) is 0.704. The van der Waals surface area contributed by atoms with E-state index < -0.39 is 0 Å². The van der Waals surface area contributed by atoms with Gasteiger partial charge in [-0.2, -0.15) is 0 Å². The Bertz CT molecular complexity index is 543. The van der Waals surface area contributed by atoms with E-state index in [4.69, 9.17) is 4.74 Å². The number of rotatable bonds is 6. The fourth-order valence-corrected chi connectivity index (χ4v) is 2.36. The second kappa shape index (κ2) is 5.28. The molecule has 5 nitrogen and oxygen atoms in total. The van der Waals surface area contributed by atoms with Crippen molar-refractivity contribution in [3.8, 4) is 0 Å². The van der Waals surface area contributed by atoms with Crippen molar-refractivity contribution in [3.05, 3.63) is 30.1 Å². The standard InChI is InChI=1S/C14H19N3O2/c18-7-14(8-19-9-14)6-15-4-3-11-1-2-12-13(5-11)17-10-16-12/h1-2,5,10,15,18H,3-4,6-9H2,(H,16,17). The van der Waals surface area contributed by atoms with E-state index in [-0.39, 0.29) is 12.0 Å². The summed E-state index contributed by atoms with van der Waals surface area (Å²) in [5.41, 5.74) is 3.32. The van der Waals surface area contributed by atoms with Crippen LogP contribution >= 0.6 is 0 Å². The molecule has 0 aliphatic carbocycles. The summed E-state index contributed by atoms with van der Waals surface area (Å²) in [4.78, 5) is 7.33. The average Bonchev–Trinajstić information content (AvgIpc) is 2.84. The second-order valence-electron chi connectivity index (χ2n) is 5.33. The van der Waals surface area contributed by atoms with Crippen LogP contribution in [0.15, 0.2) is 24.5 Å². The van der Waals surface area contributed by atoms with Crippen molar-refractivity contribution < 1.29 is 9.84 Å². The van der Waals surface area contributed by atoms with Crippen LogP contribution in [-0.4, -0.2) is 48.0 Å². The zero-order valence-electron chi connectivity index (χ0n) is 10.9. The molecular formula is C14H19N3O2. The van der Waals surface area contributed by atoms with E-state index in [1.807, 2.05) is 6.07 Å². The summed E-state index contributed by atoms with van der Waals surface area (Å²) in [5.74, 6) is 0. The van der Waals surface area contributed by atoms with Gasteiger partial charge in [0.25, 0.3) is 0 Å². The van der Waals surface area contributed by atoms with Gasteiger partial charge in [0.15, 0.2) is 0 Å². The number of imidazole rings is 1. The fourth-order valence-electron chi connectivity index (χ4n) is 2.36. The maximum absolute atomic E-state index is 9.32. The largest absolute Gasteiger partial charge is 0.396 e. The van der Waals surface area contributed by atoms with E-state index in [0.717, 1.165) is 30.5 Å². The zero-order valence-corrected chi connectivity index (χ0v) is 10.9. The highest BCUT2D eigenvalue weighted by Crippen LogP contribution is 2.25. The molecular weight excluding hydrogens is 242 g/mol. The molecule has 1 aromatic carbocycles. The highest BCUT2D eigenvalue weighted by atomic mass is 16.5. The molecule has 102 valence electrons. The van der Waals surface area contributed by atoms with Gasteiger partial charge in [0.2, 0.25) is 0 Å². The highest BCUT2D eigenvalue weighted by Gasteiger charge is 2.37. The minimum Gasteiger partial charge on any atom is -0.396 e. The summed E-state index contributed by atoms with van der Waals surface area (Å²) in [7, 11) is 0. The molecule has 19 heavy (non-hydrogen) atoms. The molecule has 3 rings (SSSR count). The first-order valence-electron chi connectivity index (χ1n) is 6.63. The van der Waals surface area contributed by atoms with Crippen molar-refractivity contribution in [1.29, 1.82) is 0 Å². The summed E-state index contributed by atoms with van der Waals surface area (Å²) in [6, 6.07) is 6.29. The van der Waals surface area contributed by atoms with Crippen LogP contribution in [0.25, 0.3) is 11.0 Å². The van der Waals surface area contributed by atoms with E-state index in [1.165, 1.54) is 5.56 Å². The Morgan fingerprint density at radius 1 is 1.42 bits per heavy atom. The molecule has 1 aliphatic heterocycles. The van der Waals surface area contributed by atoms with Crippen molar-refractivity contribution in [3.63, 3.8) is 0 Å². The number of aromatic nitrogens is 2. The number of H-pyrrole nitrogens is 1. The Balaban J connectivity index is 1.49. The third kappa shape index (κ3) is 2.63. The molecule has 2 heterocycles. The summed E-state index contributed by atoms with van der Waals surface area (Å²) in [6.07, 6.45) is 2.69. The molecule has 0 bridgehead atoms. The van der Waals surface area contributed by atoms with Crippen LogP contribution in [0.5, 0.6) is 0 Å². The van der Waals surface area contributed by atoms with Crippen LogP contribution < -0.4 is 5.32 Å². The van der Waals surface area contributed by atoms with Gasteiger partial charge in [-0.1, -0.05) is 6.07 Å². The van der Waals surface area contributed by atoms with Crippen LogP contribution in [-0.2, 0) is 11.2 Å². The van der Waals surface area contributed by atoms with Gasteiger partial charge in [-0.3, -0.25) is 0 Å². The van der Waals surface area contributed by atoms with E-state index >= 15 is 0 Å². The lowest BCUT2D eigenvalue weighted by Crippen LogP contribution is -2.52. The number of aliphatic hydroxyl groups is 1. The molecule has 0 radical (unpaired) electrons. The summed E-state index contributed by atoms with van der Waals surface area (Å²) in [6.45, 7) is 3.24. The number of nitrogens with zero attached hydrogens (tertiary/aromatic N) is 1. The Morgan fingerprint density at radius 2 is 2.32 bits per heavy atom. The molecule has 1 aliphatic rings. The Morgan fingerprint density at radius 3 is 3.05 bits per heavy atom. The quantitative estimate of drug-likeness (QED) is 0.670. The lowest BCUT2D eigenvalue weighted by atomic mass is 9.87. The SMILES string of the molecule is OCC1(CNCCc2ccc3nc[nH]c3c2)COC1. The van der Waals surface area contributed by atoms with Gasteiger partial charge < -0.3 is 20.1 Å². The van der Waals surface area contributed by atoms with Crippen LogP contribution in [0.1, 0.15) is 5.56 Å². The number of aromatic amines is 1. The Kier molecular flexibility index (Phi) is 3.50. The van der Waals surface area contributed by atoms with Gasteiger partial charge in [0, 0.05) is 6.54 Å². The third-order valence-electron chi connectivity index (χ3n) is 3.73. The monoisotopic (exact) mass is 261 g/mol. The third-order valence-corrected chi connectivity index (χ3v) is 3.73. The fraction of sp³-hybridized carbons (Fsp3) is 0.500. The van der Waals surface area contributed by atoms with Crippen LogP contribution in [0, 0.1) is 5.41 Å². The smallest absolute Gasteiger partial charge is 0.0931 e. The number of fused-ring (bicyclic) bond motifs is 1. The number of ether oxygens (including phenoxy) is 1. The lowest BCUT2D eigenvalue weighted by molar-refractivity contribution is -0.134. The van der Waals surface area contributed by atoms with E-state index in [2.05, 4.69) is 27.4 Å². The molecule has 0 atom stereocenters. The van der Waals surface area contributed by atoms with Crippen LogP contribution in [0.3, 0.4) is 0 Å². The number of hydrogen-bond acceptors (Lipinski definition) is 4. The van der Waals surface area contributed by atoms with Crippen LogP contribution in [0.2, 0.25) is 0 Å². The topological polar surface area (TPSA) is 70.2 Å². The van der Waals surface area contributed by atoms with Crippen molar-refractivity contribution >= 4 is 11.0 Å². The van der Waals surface area contributed by atoms with Crippen LogP contribution in [0.4, 0.5) is 0 Å². The second-order valence-corrected chi connectivity index (χ2v) is 5.33. The predicted molar refractivity (Wildman–Crippen MR) is 73.0 cm³/mol. The Labute approximate surface area is 112 Å².